The molecule has 0 saturated carbocycles. The number of anilines is 1. The largest absolute Gasteiger partial charge is 0.332 e. The molecule has 0 fully saturated rings. The van der Waals surface area contributed by atoms with Gasteiger partial charge in [0, 0.05) is 25.2 Å². The Bertz CT molecular complexity index is 1130. The van der Waals surface area contributed by atoms with E-state index in [1.54, 1.807) is 4.57 Å². The van der Waals surface area contributed by atoms with Crippen molar-refractivity contribution in [1.82, 2.24) is 9.55 Å². The summed E-state index contributed by atoms with van der Waals surface area (Å²) in [5.74, 6) is 0.185. The first-order valence-electron chi connectivity index (χ1n) is 9.75. The standard InChI is InChI=1S/C22H23N3O2S/c26-20(24-15-13-16-8-3-6-11-19(16)24)12-2-1-7-14-25-21(27)17-9-4-5-10-18(17)23-22(25)28/h3-6,8-11H,1-2,7,12-15H2,(H,23,28). The van der Waals surface area contributed by atoms with Gasteiger partial charge in [0.2, 0.25) is 5.91 Å². The smallest absolute Gasteiger partial charge is 0.262 e. The van der Waals surface area contributed by atoms with E-state index in [2.05, 4.69) is 11.1 Å². The molecule has 5 nitrogen and oxygen atoms in total. The molecule has 0 unspecified atom stereocenters. The van der Waals surface area contributed by atoms with E-state index in [9.17, 15) is 9.59 Å². The highest BCUT2D eigenvalue weighted by Crippen LogP contribution is 2.28. The Morgan fingerprint density at radius 1 is 1.04 bits per heavy atom. The van der Waals surface area contributed by atoms with Gasteiger partial charge in [-0.05, 0) is 55.2 Å². The third-order valence-corrected chi connectivity index (χ3v) is 5.67. The fraction of sp³-hybridized carbons (Fsp3) is 0.318. The van der Waals surface area contributed by atoms with E-state index in [0.717, 1.165) is 43.4 Å². The molecule has 1 aliphatic heterocycles. The Balaban J connectivity index is 1.31. The van der Waals surface area contributed by atoms with Gasteiger partial charge in [-0.2, -0.15) is 0 Å². The number of aromatic amines is 1. The molecule has 2 aromatic carbocycles. The third-order valence-electron chi connectivity index (χ3n) is 5.35. The first-order valence-corrected chi connectivity index (χ1v) is 10.2. The molecule has 0 atom stereocenters. The maximum atomic E-state index is 12.6. The number of fused-ring (bicyclic) bond motifs is 2. The predicted molar refractivity (Wildman–Crippen MR) is 114 cm³/mol. The van der Waals surface area contributed by atoms with Gasteiger partial charge in [0.15, 0.2) is 4.77 Å². The van der Waals surface area contributed by atoms with E-state index in [-0.39, 0.29) is 11.5 Å². The van der Waals surface area contributed by atoms with Crippen LogP contribution < -0.4 is 10.5 Å². The van der Waals surface area contributed by atoms with Crippen LogP contribution in [0.25, 0.3) is 10.9 Å². The third kappa shape index (κ3) is 3.64. The maximum absolute atomic E-state index is 12.6. The first-order chi connectivity index (χ1) is 13.6. The van der Waals surface area contributed by atoms with Crippen LogP contribution in [0.3, 0.4) is 0 Å². The minimum absolute atomic E-state index is 0.0518. The highest BCUT2D eigenvalue weighted by atomic mass is 32.1. The Morgan fingerprint density at radius 2 is 1.82 bits per heavy atom. The van der Waals surface area contributed by atoms with E-state index < -0.39 is 0 Å². The summed E-state index contributed by atoms with van der Waals surface area (Å²) in [6.45, 7) is 1.35. The van der Waals surface area contributed by atoms with Gasteiger partial charge in [-0.25, -0.2) is 0 Å². The van der Waals surface area contributed by atoms with Gasteiger partial charge in [-0.1, -0.05) is 36.8 Å². The van der Waals surface area contributed by atoms with Crippen LogP contribution in [-0.4, -0.2) is 22.0 Å². The Morgan fingerprint density at radius 3 is 2.71 bits per heavy atom. The summed E-state index contributed by atoms with van der Waals surface area (Å²) in [6.07, 6.45) is 3.99. The number of H-pyrrole nitrogens is 1. The van der Waals surface area contributed by atoms with Gasteiger partial charge < -0.3 is 9.88 Å². The van der Waals surface area contributed by atoms with Crippen LogP contribution in [0.5, 0.6) is 0 Å². The second-order valence-corrected chi connectivity index (χ2v) is 7.55. The Labute approximate surface area is 168 Å². The number of carbonyl (C=O) groups excluding carboxylic acids is 1. The Kier molecular flexibility index (Phi) is 5.39. The highest BCUT2D eigenvalue weighted by Gasteiger charge is 2.23. The zero-order valence-corrected chi connectivity index (χ0v) is 16.5. The molecule has 0 bridgehead atoms. The fourth-order valence-corrected chi connectivity index (χ4v) is 4.14. The molecule has 0 spiro atoms. The van der Waals surface area contributed by atoms with Crippen LogP contribution in [0.4, 0.5) is 5.69 Å². The van der Waals surface area contributed by atoms with Gasteiger partial charge in [-0.3, -0.25) is 14.2 Å². The number of hydrogen-bond acceptors (Lipinski definition) is 3. The van der Waals surface area contributed by atoms with Crippen molar-refractivity contribution in [2.75, 3.05) is 11.4 Å². The first kappa shape index (κ1) is 18.6. The lowest BCUT2D eigenvalue weighted by Gasteiger charge is -2.17. The highest BCUT2D eigenvalue weighted by molar-refractivity contribution is 7.71. The van der Waals surface area contributed by atoms with Gasteiger partial charge in [0.05, 0.1) is 10.9 Å². The van der Waals surface area contributed by atoms with Crippen molar-refractivity contribution in [2.24, 2.45) is 0 Å². The number of carbonyl (C=O) groups is 1. The van der Waals surface area contributed by atoms with Crippen molar-refractivity contribution in [3.05, 3.63) is 69.2 Å². The van der Waals surface area contributed by atoms with Crippen molar-refractivity contribution >= 4 is 34.7 Å². The molecule has 1 amide bonds. The summed E-state index contributed by atoms with van der Waals surface area (Å²) in [5.41, 5.74) is 3.02. The van der Waals surface area contributed by atoms with Crippen molar-refractivity contribution in [2.45, 2.75) is 38.6 Å². The van der Waals surface area contributed by atoms with E-state index in [1.807, 2.05) is 47.4 Å². The predicted octanol–water partition coefficient (Wildman–Crippen LogP) is 4.21. The number of rotatable bonds is 6. The molecule has 28 heavy (non-hydrogen) atoms. The number of benzene rings is 2. The molecule has 144 valence electrons. The molecule has 1 aliphatic rings. The van der Waals surface area contributed by atoms with Crippen molar-refractivity contribution in [3.8, 4) is 0 Å². The van der Waals surface area contributed by atoms with Crippen molar-refractivity contribution < 1.29 is 4.79 Å². The van der Waals surface area contributed by atoms with Crippen LogP contribution in [0.2, 0.25) is 0 Å². The number of nitrogens with one attached hydrogen (secondary N) is 1. The lowest BCUT2D eigenvalue weighted by molar-refractivity contribution is -0.118. The molecule has 4 rings (SSSR count). The van der Waals surface area contributed by atoms with Crippen LogP contribution in [0.15, 0.2) is 53.3 Å². The summed E-state index contributed by atoms with van der Waals surface area (Å²) >= 11 is 5.34. The summed E-state index contributed by atoms with van der Waals surface area (Å²) < 4.78 is 2.07. The van der Waals surface area contributed by atoms with Gasteiger partial charge >= 0.3 is 0 Å². The number of hydrogen-bond donors (Lipinski definition) is 1. The number of aromatic nitrogens is 2. The normalized spacial score (nSPS) is 13.1. The zero-order valence-electron chi connectivity index (χ0n) is 15.7. The lowest BCUT2D eigenvalue weighted by Crippen LogP contribution is -2.28. The summed E-state index contributed by atoms with van der Waals surface area (Å²) in [5, 5.41) is 0.652. The average molecular weight is 394 g/mol. The van der Waals surface area contributed by atoms with E-state index in [4.69, 9.17) is 12.2 Å². The van der Waals surface area contributed by atoms with Crippen molar-refractivity contribution in [1.29, 1.82) is 0 Å². The molecule has 3 aromatic rings. The molecule has 6 heteroatoms. The monoisotopic (exact) mass is 393 g/mol. The molecule has 2 heterocycles. The zero-order chi connectivity index (χ0) is 19.5. The molecule has 0 saturated heterocycles. The van der Waals surface area contributed by atoms with E-state index >= 15 is 0 Å². The van der Waals surface area contributed by atoms with Crippen LogP contribution in [0.1, 0.15) is 31.2 Å². The average Bonchev–Trinajstić information content (AvgIpc) is 3.14. The molecular formula is C22H23N3O2S. The molecule has 0 aliphatic carbocycles. The SMILES string of the molecule is O=C(CCCCCn1c(=S)[nH]c2ccccc2c1=O)N1CCc2ccccc21. The van der Waals surface area contributed by atoms with Crippen LogP contribution in [0, 0.1) is 4.77 Å². The summed E-state index contributed by atoms with van der Waals surface area (Å²) in [6, 6.07) is 15.5. The summed E-state index contributed by atoms with van der Waals surface area (Å²) in [4.78, 5) is 30.2. The summed E-state index contributed by atoms with van der Waals surface area (Å²) in [7, 11) is 0. The van der Waals surface area contributed by atoms with E-state index in [0.29, 0.717) is 23.1 Å². The minimum Gasteiger partial charge on any atom is -0.332 e. The second kappa shape index (κ2) is 8.10. The topological polar surface area (TPSA) is 58.1 Å². The molecular weight excluding hydrogens is 370 g/mol. The molecule has 0 radical (unpaired) electrons. The Hall–Kier alpha value is -2.73. The van der Waals surface area contributed by atoms with Crippen molar-refractivity contribution in [3.63, 3.8) is 0 Å². The number of nitrogens with zero attached hydrogens (tertiary/aromatic N) is 2. The minimum atomic E-state index is -0.0518. The quantitative estimate of drug-likeness (QED) is 0.504. The van der Waals surface area contributed by atoms with Gasteiger partial charge in [0.25, 0.3) is 5.56 Å². The fourth-order valence-electron chi connectivity index (χ4n) is 3.86. The van der Waals surface area contributed by atoms with Crippen LogP contribution in [-0.2, 0) is 17.8 Å². The molecule has 1 N–H and O–H groups in total. The number of amides is 1. The van der Waals surface area contributed by atoms with Gasteiger partial charge in [-0.15, -0.1) is 0 Å². The van der Waals surface area contributed by atoms with E-state index in [1.165, 1.54) is 5.56 Å². The molecule has 1 aromatic heterocycles. The van der Waals surface area contributed by atoms with Gasteiger partial charge in [0.1, 0.15) is 0 Å². The lowest BCUT2D eigenvalue weighted by atomic mass is 10.1. The number of unbranched alkanes of at least 4 members (excludes halogenated alkanes) is 2. The maximum Gasteiger partial charge on any atom is 0.262 e. The van der Waals surface area contributed by atoms with Crippen LogP contribution >= 0.6 is 12.2 Å². The second-order valence-electron chi connectivity index (χ2n) is 7.17. The number of para-hydroxylation sites is 2.